The zero-order valence-corrected chi connectivity index (χ0v) is 11.0. The maximum absolute atomic E-state index is 11.1. The maximum Gasteiger partial charge on any atom is 0.339 e. The highest BCUT2D eigenvalue weighted by Gasteiger charge is 2.14. The number of nitrogens with zero attached hydrogens (tertiary/aromatic N) is 1. The molecule has 0 spiro atoms. The van der Waals surface area contributed by atoms with E-state index in [4.69, 9.17) is 5.11 Å². The van der Waals surface area contributed by atoms with Gasteiger partial charge in [-0.1, -0.05) is 0 Å². The number of nitrogens with one attached hydrogen (secondary N) is 1. The van der Waals surface area contributed by atoms with E-state index in [1.807, 2.05) is 30.7 Å². The maximum atomic E-state index is 11.1. The Bertz CT molecular complexity index is 552. The topological polar surface area (TPSA) is 62.2 Å². The lowest BCUT2D eigenvalue weighted by molar-refractivity contribution is 0.0697. The third-order valence-electron chi connectivity index (χ3n) is 2.69. The van der Waals surface area contributed by atoms with Crippen molar-refractivity contribution in [3.63, 3.8) is 0 Å². The number of carboxylic acids is 1. The molecule has 0 saturated heterocycles. The van der Waals surface area contributed by atoms with Crippen LogP contribution >= 0.6 is 11.3 Å². The Kier molecular flexibility index (Phi) is 3.62. The minimum absolute atomic E-state index is 0.0659. The summed E-state index contributed by atoms with van der Waals surface area (Å²) in [6.07, 6.45) is 1.39. The van der Waals surface area contributed by atoms with Gasteiger partial charge in [-0.15, -0.1) is 0 Å². The number of pyridine rings is 1. The third-order valence-corrected chi connectivity index (χ3v) is 3.39. The molecule has 2 heterocycles. The van der Waals surface area contributed by atoms with Crippen LogP contribution in [-0.4, -0.2) is 16.1 Å². The van der Waals surface area contributed by atoms with E-state index in [9.17, 15) is 4.79 Å². The van der Waals surface area contributed by atoms with Crippen LogP contribution in [0.1, 0.15) is 34.6 Å². The Labute approximate surface area is 109 Å². The molecule has 0 aliphatic heterocycles. The van der Waals surface area contributed by atoms with Crippen molar-refractivity contribution in [2.75, 3.05) is 5.32 Å². The predicted molar refractivity (Wildman–Crippen MR) is 72.3 cm³/mol. The van der Waals surface area contributed by atoms with Crippen molar-refractivity contribution in [3.8, 4) is 0 Å². The molecule has 0 bridgehead atoms. The molecule has 0 aliphatic carbocycles. The van der Waals surface area contributed by atoms with Gasteiger partial charge in [0.15, 0.2) is 0 Å². The summed E-state index contributed by atoms with van der Waals surface area (Å²) in [5, 5.41) is 16.4. The Balaban J connectivity index is 2.28. The van der Waals surface area contributed by atoms with Crippen molar-refractivity contribution in [3.05, 3.63) is 45.9 Å². The van der Waals surface area contributed by atoms with Crippen molar-refractivity contribution in [2.45, 2.75) is 19.9 Å². The number of thiophene rings is 1. The molecular formula is C13H14N2O2S. The summed E-state index contributed by atoms with van der Waals surface area (Å²) in [6, 6.07) is 3.85. The summed E-state index contributed by atoms with van der Waals surface area (Å²) in [5.74, 6) is -0.970. The van der Waals surface area contributed by atoms with E-state index in [2.05, 4.69) is 10.3 Å². The van der Waals surface area contributed by atoms with Crippen molar-refractivity contribution in [2.24, 2.45) is 0 Å². The number of anilines is 1. The summed E-state index contributed by atoms with van der Waals surface area (Å²) in [5.41, 5.74) is 2.74. The molecule has 0 amide bonds. The Hall–Kier alpha value is -1.88. The molecule has 5 heteroatoms. The van der Waals surface area contributed by atoms with Crippen LogP contribution in [0.25, 0.3) is 0 Å². The Morgan fingerprint density at radius 2 is 2.33 bits per heavy atom. The first-order valence-corrected chi connectivity index (χ1v) is 6.51. The minimum Gasteiger partial charge on any atom is -0.478 e. The fraction of sp³-hybridized carbons (Fsp3) is 0.231. The first-order chi connectivity index (χ1) is 8.58. The van der Waals surface area contributed by atoms with Gasteiger partial charge in [0.1, 0.15) is 5.56 Å². The molecule has 0 radical (unpaired) electrons. The molecule has 1 unspecified atom stereocenters. The average molecular weight is 262 g/mol. The van der Waals surface area contributed by atoms with Crippen molar-refractivity contribution < 1.29 is 9.90 Å². The second kappa shape index (κ2) is 5.18. The van der Waals surface area contributed by atoms with Crippen molar-refractivity contribution >= 4 is 23.0 Å². The van der Waals surface area contributed by atoms with Crippen LogP contribution in [-0.2, 0) is 0 Å². The Morgan fingerprint density at radius 1 is 1.56 bits per heavy atom. The number of rotatable bonds is 4. The van der Waals surface area contributed by atoms with E-state index >= 15 is 0 Å². The summed E-state index contributed by atoms with van der Waals surface area (Å²) in [4.78, 5) is 15.1. The first-order valence-electron chi connectivity index (χ1n) is 5.56. The van der Waals surface area contributed by atoms with Gasteiger partial charge in [0.25, 0.3) is 0 Å². The van der Waals surface area contributed by atoms with Gasteiger partial charge in [-0.25, -0.2) is 4.79 Å². The summed E-state index contributed by atoms with van der Waals surface area (Å²) >= 11 is 1.62. The highest BCUT2D eigenvalue weighted by atomic mass is 32.1. The third kappa shape index (κ3) is 2.68. The molecule has 2 aromatic heterocycles. The second-order valence-corrected chi connectivity index (χ2v) is 4.88. The van der Waals surface area contributed by atoms with Crippen LogP contribution in [0.4, 0.5) is 5.69 Å². The fourth-order valence-corrected chi connectivity index (χ4v) is 2.44. The number of aromatic nitrogens is 1. The van der Waals surface area contributed by atoms with Crippen LogP contribution in [0.2, 0.25) is 0 Å². The normalized spacial score (nSPS) is 12.1. The largest absolute Gasteiger partial charge is 0.478 e. The first kappa shape index (κ1) is 12.6. The molecule has 2 aromatic rings. The van der Waals surface area contributed by atoms with E-state index in [-0.39, 0.29) is 11.6 Å². The second-order valence-electron chi connectivity index (χ2n) is 4.10. The quantitative estimate of drug-likeness (QED) is 0.887. The molecule has 18 heavy (non-hydrogen) atoms. The van der Waals surface area contributed by atoms with Gasteiger partial charge < -0.3 is 10.4 Å². The molecule has 0 saturated carbocycles. The van der Waals surface area contributed by atoms with E-state index in [1.165, 1.54) is 6.20 Å². The highest BCUT2D eigenvalue weighted by Crippen LogP contribution is 2.24. The van der Waals surface area contributed by atoms with Crippen LogP contribution in [0.5, 0.6) is 0 Å². The lowest BCUT2D eigenvalue weighted by atomic mass is 10.1. The molecule has 2 rings (SSSR count). The lowest BCUT2D eigenvalue weighted by Crippen LogP contribution is -2.11. The zero-order chi connectivity index (χ0) is 13.1. The van der Waals surface area contributed by atoms with E-state index in [1.54, 1.807) is 17.4 Å². The molecule has 4 nitrogen and oxygen atoms in total. The molecule has 2 N–H and O–H groups in total. The number of carboxylic acid groups (broad SMARTS) is 1. The smallest absolute Gasteiger partial charge is 0.339 e. The molecule has 0 fully saturated rings. The SMILES string of the molecule is Cc1cc(NC(C)c2ccsc2)c(C(=O)O)cn1. The zero-order valence-electron chi connectivity index (χ0n) is 10.2. The molecule has 1 atom stereocenters. The van der Waals surface area contributed by atoms with Gasteiger partial charge >= 0.3 is 5.97 Å². The monoisotopic (exact) mass is 262 g/mol. The number of carbonyl (C=O) groups is 1. The van der Waals surface area contributed by atoms with Gasteiger partial charge in [-0.2, -0.15) is 11.3 Å². The summed E-state index contributed by atoms with van der Waals surface area (Å²) in [6.45, 7) is 3.84. The number of hydrogen-bond donors (Lipinski definition) is 2. The average Bonchev–Trinajstić information content (AvgIpc) is 2.81. The van der Waals surface area contributed by atoms with Crippen LogP contribution < -0.4 is 5.32 Å². The van der Waals surface area contributed by atoms with E-state index in [0.29, 0.717) is 5.69 Å². The van der Waals surface area contributed by atoms with Crippen LogP contribution in [0.3, 0.4) is 0 Å². The van der Waals surface area contributed by atoms with E-state index in [0.717, 1.165) is 11.3 Å². The highest BCUT2D eigenvalue weighted by molar-refractivity contribution is 7.07. The van der Waals surface area contributed by atoms with Crippen molar-refractivity contribution in [1.29, 1.82) is 0 Å². The van der Waals surface area contributed by atoms with Gasteiger partial charge in [-0.05, 0) is 42.3 Å². The minimum atomic E-state index is -0.970. The Morgan fingerprint density at radius 3 is 2.94 bits per heavy atom. The van der Waals surface area contributed by atoms with Gasteiger partial charge in [-0.3, -0.25) is 4.98 Å². The number of aromatic carboxylic acids is 1. The van der Waals surface area contributed by atoms with Gasteiger partial charge in [0.2, 0.25) is 0 Å². The standard InChI is InChI=1S/C13H14N2O2S/c1-8-5-12(11(6-14-8)13(16)17)15-9(2)10-3-4-18-7-10/h3-7,9H,1-2H3,(H,14,15)(H,16,17). The predicted octanol–water partition coefficient (Wildman–Crippen LogP) is 3.32. The molecule has 94 valence electrons. The van der Waals surface area contributed by atoms with E-state index < -0.39 is 5.97 Å². The lowest BCUT2D eigenvalue weighted by Gasteiger charge is -2.16. The van der Waals surface area contributed by atoms with Gasteiger partial charge in [0, 0.05) is 17.9 Å². The van der Waals surface area contributed by atoms with Gasteiger partial charge in [0.05, 0.1) is 5.69 Å². The summed E-state index contributed by atoms with van der Waals surface area (Å²) < 4.78 is 0. The fourth-order valence-electron chi connectivity index (χ4n) is 1.69. The summed E-state index contributed by atoms with van der Waals surface area (Å²) in [7, 11) is 0. The number of hydrogen-bond acceptors (Lipinski definition) is 4. The molecule has 0 aromatic carbocycles. The number of aryl methyl sites for hydroxylation is 1. The van der Waals surface area contributed by atoms with Crippen LogP contribution in [0, 0.1) is 6.92 Å². The molecular weight excluding hydrogens is 248 g/mol. The van der Waals surface area contributed by atoms with Crippen LogP contribution in [0.15, 0.2) is 29.1 Å². The van der Waals surface area contributed by atoms with Crippen molar-refractivity contribution in [1.82, 2.24) is 4.98 Å². The molecule has 0 aliphatic rings.